The maximum atomic E-state index is 12.4. The minimum Gasteiger partial charge on any atom is -0.351 e. The average Bonchev–Trinajstić information content (AvgIpc) is 3.21. The summed E-state index contributed by atoms with van der Waals surface area (Å²) in [7, 11) is 0. The highest BCUT2D eigenvalue weighted by molar-refractivity contribution is 7.99. The van der Waals surface area contributed by atoms with Gasteiger partial charge in [-0.2, -0.15) is 0 Å². The van der Waals surface area contributed by atoms with Crippen LogP contribution in [0.1, 0.15) is 11.1 Å². The van der Waals surface area contributed by atoms with Gasteiger partial charge in [-0.3, -0.25) is 9.36 Å². The van der Waals surface area contributed by atoms with Crippen molar-refractivity contribution in [2.24, 2.45) is 0 Å². The third-order valence-corrected chi connectivity index (χ3v) is 6.24. The molecule has 1 aromatic heterocycles. The van der Waals surface area contributed by atoms with Crippen molar-refractivity contribution in [2.75, 3.05) is 5.75 Å². The summed E-state index contributed by atoms with van der Waals surface area (Å²) in [5.41, 5.74) is 3.79. The smallest absolute Gasteiger partial charge is 0.230 e. The maximum Gasteiger partial charge on any atom is 0.230 e. The first-order valence-corrected chi connectivity index (χ1v) is 11.7. The third kappa shape index (κ3) is 5.33. The van der Waals surface area contributed by atoms with E-state index in [2.05, 4.69) is 15.5 Å². The number of hydrogen-bond donors (Lipinski definition) is 1. The largest absolute Gasteiger partial charge is 0.351 e. The van der Waals surface area contributed by atoms with Gasteiger partial charge in [-0.05, 0) is 42.8 Å². The Balaban J connectivity index is 1.58. The molecular formula is C24H20Cl2N4OS. The third-order valence-electron chi connectivity index (χ3n) is 4.76. The van der Waals surface area contributed by atoms with Crippen molar-refractivity contribution in [2.45, 2.75) is 18.6 Å². The molecule has 4 rings (SSSR count). The first-order valence-electron chi connectivity index (χ1n) is 9.92. The number of benzene rings is 3. The molecule has 32 heavy (non-hydrogen) atoms. The van der Waals surface area contributed by atoms with E-state index in [4.69, 9.17) is 23.2 Å². The number of halogens is 2. The van der Waals surface area contributed by atoms with Crippen LogP contribution < -0.4 is 5.32 Å². The highest BCUT2D eigenvalue weighted by Crippen LogP contribution is 2.33. The Labute approximate surface area is 200 Å². The molecule has 1 N–H and O–H groups in total. The van der Waals surface area contributed by atoms with E-state index in [0.29, 0.717) is 33.1 Å². The molecule has 162 valence electrons. The van der Waals surface area contributed by atoms with Crippen LogP contribution in [0.4, 0.5) is 0 Å². The Morgan fingerprint density at radius 3 is 2.47 bits per heavy atom. The molecule has 8 heteroatoms. The minimum atomic E-state index is -0.0802. The van der Waals surface area contributed by atoms with Gasteiger partial charge in [0.15, 0.2) is 11.0 Å². The number of aryl methyl sites for hydroxylation is 1. The predicted molar refractivity (Wildman–Crippen MR) is 131 cm³/mol. The lowest BCUT2D eigenvalue weighted by atomic mass is 10.2. The van der Waals surface area contributed by atoms with E-state index in [9.17, 15) is 4.79 Å². The number of hydrogen-bond acceptors (Lipinski definition) is 4. The molecule has 0 bridgehead atoms. The van der Waals surface area contributed by atoms with Crippen molar-refractivity contribution in [1.29, 1.82) is 0 Å². The number of nitrogens with zero attached hydrogens (tertiary/aromatic N) is 3. The summed E-state index contributed by atoms with van der Waals surface area (Å²) < 4.78 is 1.91. The number of carbonyl (C=O) groups is 1. The Morgan fingerprint density at radius 1 is 1.00 bits per heavy atom. The summed E-state index contributed by atoms with van der Waals surface area (Å²) >= 11 is 13.8. The highest BCUT2D eigenvalue weighted by atomic mass is 35.5. The van der Waals surface area contributed by atoms with Gasteiger partial charge in [-0.1, -0.05) is 83.0 Å². The summed E-state index contributed by atoms with van der Waals surface area (Å²) in [5.74, 6) is 0.719. The van der Waals surface area contributed by atoms with Gasteiger partial charge in [-0.25, -0.2) is 0 Å². The van der Waals surface area contributed by atoms with Gasteiger partial charge in [0, 0.05) is 22.8 Å². The molecule has 0 aliphatic rings. The zero-order valence-corrected chi connectivity index (χ0v) is 19.6. The summed E-state index contributed by atoms with van der Waals surface area (Å²) in [6.07, 6.45) is 0. The second kappa shape index (κ2) is 10.2. The number of amides is 1. The average molecular weight is 483 g/mol. The van der Waals surface area contributed by atoms with Crippen molar-refractivity contribution in [1.82, 2.24) is 20.1 Å². The first kappa shape index (κ1) is 22.4. The van der Waals surface area contributed by atoms with Gasteiger partial charge in [0.25, 0.3) is 0 Å². The highest BCUT2D eigenvalue weighted by Gasteiger charge is 2.19. The fourth-order valence-corrected chi connectivity index (χ4v) is 4.39. The van der Waals surface area contributed by atoms with Crippen LogP contribution in [0.2, 0.25) is 10.0 Å². The number of nitrogens with one attached hydrogen (secondary N) is 1. The van der Waals surface area contributed by atoms with E-state index < -0.39 is 0 Å². The standard InChI is InChI=1S/C24H20Cl2N4OS/c1-16-7-10-19(11-8-16)30-23(20-12-9-18(25)13-21(20)26)28-29-24(30)32-15-22(31)27-14-17-5-3-2-4-6-17/h2-13H,14-15H2,1H3,(H,27,31). The summed E-state index contributed by atoms with van der Waals surface area (Å²) in [6.45, 7) is 2.51. The molecule has 0 saturated carbocycles. The van der Waals surface area contributed by atoms with Crippen LogP contribution in [0.15, 0.2) is 78.0 Å². The van der Waals surface area contributed by atoms with Gasteiger partial charge in [0.1, 0.15) is 0 Å². The molecular weight excluding hydrogens is 463 g/mol. The van der Waals surface area contributed by atoms with Gasteiger partial charge >= 0.3 is 0 Å². The molecule has 0 fully saturated rings. The van der Waals surface area contributed by atoms with E-state index in [1.165, 1.54) is 11.8 Å². The Morgan fingerprint density at radius 2 is 1.75 bits per heavy atom. The molecule has 0 unspecified atom stereocenters. The lowest BCUT2D eigenvalue weighted by molar-refractivity contribution is -0.118. The molecule has 0 radical (unpaired) electrons. The van der Waals surface area contributed by atoms with Crippen LogP contribution >= 0.6 is 35.0 Å². The molecule has 1 amide bonds. The van der Waals surface area contributed by atoms with Crippen LogP contribution in [-0.2, 0) is 11.3 Å². The SMILES string of the molecule is Cc1ccc(-n2c(SCC(=O)NCc3ccccc3)nnc2-c2ccc(Cl)cc2Cl)cc1. The van der Waals surface area contributed by atoms with E-state index in [1.54, 1.807) is 12.1 Å². The van der Waals surface area contributed by atoms with Gasteiger partial charge in [0.05, 0.1) is 10.8 Å². The summed E-state index contributed by atoms with van der Waals surface area (Å²) in [5, 5.41) is 13.3. The molecule has 0 aliphatic carbocycles. The fraction of sp³-hybridized carbons (Fsp3) is 0.125. The molecule has 4 aromatic rings. The quantitative estimate of drug-likeness (QED) is 0.330. The first-order chi connectivity index (χ1) is 15.5. The Bertz CT molecular complexity index is 1230. The second-order valence-corrected chi connectivity index (χ2v) is 8.94. The lowest BCUT2D eigenvalue weighted by Gasteiger charge is -2.12. The van der Waals surface area contributed by atoms with Crippen LogP contribution in [-0.4, -0.2) is 26.4 Å². The Kier molecular flexibility index (Phi) is 7.15. The molecule has 3 aromatic carbocycles. The number of carbonyl (C=O) groups excluding carboxylic acids is 1. The van der Waals surface area contributed by atoms with Crippen molar-refractivity contribution in [3.63, 3.8) is 0 Å². The van der Waals surface area contributed by atoms with Crippen molar-refractivity contribution >= 4 is 40.9 Å². The van der Waals surface area contributed by atoms with E-state index in [0.717, 1.165) is 16.8 Å². The molecule has 0 aliphatic heterocycles. The zero-order chi connectivity index (χ0) is 22.5. The van der Waals surface area contributed by atoms with E-state index in [-0.39, 0.29) is 11.7 Å². The van der Waals surface area contributed by atoms with E-state index >= 15 is 0 Å². The maximum absolute atomic E-state index is 12.4. The van der Waals surface area contributed by atoms with Crippen molar-refractivity contribution < 1.29 is 4.79 Å². The second-order valence-electron chi connectivity index (χ2n) is 7.15. The predicted octanol–water partition coefficient (Wildman–Crippen LogP) is 5.96. The van der Waals surface area contributed by atoms with Gasteiger partial charge in [0.2, 0.25) is 5.91 Å². The Hall–Kier alpha value is -2.80. The van der Waals surface area contributed by atoms with Gasteiger partial charge < -0.3 is 5.32 Å². The monoisotopic (exact) mass is 482 g/mol. The topological polar surface area (TPSA) is 59.8 Å². The molecule has 5 nitrogen and oxygen atoms in total. The normalized spacial score (nSPS) is 10.8. The molecule has 1 heterocycles. The van der Waals surface area contributed by atoms with Crippen LogP contribution in [0.5, 0.6) is 0 Å². The molecule has 0 spiro atoms. The van der Waals surface area contributed by atoms with Crippen LogP contribution in [0, 0.1) is 6.92 Å². The van der Waals surface area contributed by atoms with Gasteiger partial charge in [-0.15, -0.1) is 10.2 Å². The molecule has 0 saturated heterocycles. The van der Waals surface area contributed by atoms with Crippen molar-refractivity contribution in [3.05, 3.63) is 94.0 Å². The number of aromatic nitrogens is 3. The molecule has 0 atom stereocenters. The van der Waals surface area contributed by atoms with E-state index in [1.807, 2.05) is 72.2 Å². The lowest BCUT2D eigenvalue weighted by Crippen LogP contribution is -2.24. The van der Waals surface area contributed by atoms with Crippen LogP contribution in [0.25, 0.3) is 17.1 Å². The zero-order valence-electron chi connectivity index (χ0n) is 17.3. The van der Waals surface area contributed by atoms with Crippen LogP contribution in [0.3, 0.4) is 0 Å². The summed E-state index contributed by atoms with van der Waals surface area (Å²) in [6, 6.07) is 23.1. The number of thioether (sulfide) groups is 1. The minimum absolute atomic E-state index is 0.0802. The van der Waals surface area contributed by atoms with Crippen molar-refractivity contribution in [3.8, 4) is 17.1 Å². The summed E-state index contributed by atoms with van der Waals surface area (Å²) in [4.78, 5) is 12.4. The number of rotatable bonds is 7. The fourth-order valence-electron chi connectivity index (χ4n) is 3.11.